The molecule has 1 heterocycles. The number of hydrogen-bond acceptors (Lipinski definition) is 5. The molecule has 128 valence electrons. The highest BCUT2D eigenvalue weighted by Gasteiger charge is 2.39. The Hall–Kier alpha value is -1.48. The van der Waals surface area contributed by atoms with Crippen molar-refractivity contribution in [2.75, 3.05) is 0 Å². The molecule has 6 nitrogen and oxygen atoms in total. The summed E-state index contributed by atoms with van der Waals surface area (Å²) in [5.74, 6) is 0. The summed E-state index contributed by atoms with van der Waals surface area (Å²) >= 11 is 7.52. The Kier molecular flexibility index (Phi) is 4.65. The summed E-state index contributed by atoms with van der Waals surface area (Å²) in [7, 11) is -3.86. The minimum absolute atomic E-state index is 0.0611. The second-order valence-corrected chi connectivity index (χ2v) is 8.80. The normalized spacial score (nSPS) is 15.0. The van der Waals surface area contributed by atoms with Gasteiger partial charge in [0.05, 0.1) is 14.8 Å². The lowest BCUT2D eigenvalue weighted by atomic mass is 10.2. The van der Waals surface area contributed by atoms with Crippen LogP contribution in [-0.4, -0.2) is 23.7 Å². The van der Waals surface area contributed by atoms with Crippen molar-refractivity contribution in [1.29, 1.82) is 0 Å². The Morgan fingerprint density at radius 1 is 1.42 bits per heavy atom. The van der Waals surface area contributed by atoms with Crippen molar-refractivity contribution in [2.24, 2.45) is 0 Å². The van der Waals surface area contributed by atoms with E-state index in [9.17, 15) is 18.5 Å². The number of thiophene rings is 1. The van der Waals surface area contributed by atoms with Gasteiger partial charge in [-0.3, -0.25) is 10.1 Å². The molecule has 1 fully saturated rings. The van der Waals surface area contributed by atoms with Gasteiger partial charge in [-0.25, -0.2) is 8.42 Å². The summed E-state index contributed by atoms with van der Waals surface area (Å²) in [6.45, 7) is 1.76. The molecule has 3 rings (SSSR count). The van der Waals surface area contributed by atoms with E-state index >= 15 is 0 Å². The van der Waals surface area contributed by atoms with Crippen molar-refractivity contribution in [3.05, 3.63) is 55.2 Å². The molecule has 0 radical (unpaired) electrons. The van der Waals surface area contributed by atoms with E-state index in [-0.39, 0.29) is 33.8 Å². The van der Waals surface area contributed by atoms with Crippen LogP contribution in [0.4, 0.5) is 5.69 Å². The number of benzene rings is 1. The average Bonchev–Trinajstić information content (AvgIpc) is 3.22. The lowest BCUT2D eigenvalue weighted by Crippen LogP contribution is -2.32. The third kappa shape index (κ3) is 3.32. The zero-order chi connectivity index (χ0) is 17.5. The smallest absolute Gasteiger partial charge is 0.258 e. The van der Waals surface area contributed by atoms with E-state index in [2.05, 4.69) is 0 Å². The lowest BCUT2D eigenvalue weighted by Gasteiger charge is -2.21. The quantitative estimate of drug-likeness (QED) is 0.555. The van der Waals surface area contributed by atoms with Crippen molar-refractivity contribution in [3.63, 3.8) is 0 Å². The molecule has 1 aliphatic rings. The van der Waals surface area contributed by atoms with E-state index in [0.29, 0.717) is 0 Å². The van der Waals surface area contributed by atoms with Gasteiger partial charge in [-0.2, -0.15) is 15.6 Å². The van der Waals surface area contributed by atoms with Gasteiger partial charge >= 0.3 is 0 Å². The van der Waals surface area contributed by atoms with Crippen LogP contribution in [0.2, 0.25) is 5.02 Å². The highest BCUT2D eigenvalue weighted by Crippen LogP contribution is 2.36. The standard InChI is InChI=1S/C15H15ClN2O4S2/c1-10-14(16)6-13(7-15(10)18(19)20)24(21,22)17(12-2-3-12)8-11-4-5-23-9-11/h4-7,9,12H,2-3,8H2,1H3. The summed E-state index contributed by atoms with van der Waals surface area (Å²) < 4.78 is 27.5. The maximum atomic E-state index is 13.0. The number of nitro groups is 1. The van der Waals surface area contributed by atoms with Crippen molar-refractivity contribution in [2.45, 2.75) is 37.2 Å². The third-order valence-corrected chi connectivity index (χ3v) is 6.97. The fraction of sp³-hybridized carbons (Fsp3) is 0.333. The lowest BCUT2D eigenvalue weighted by molar-refractivity contribution is -0.385. The number of halogens is 1. The number of rotatable bonds is 6. The molecule has 1 aromatic carbocycles. The fourth-order valence-corrected chi connectivity index (χ4v) is 5.11. The van der Waals surface area contributed by atoms with Crippen molar-refractivity contribution >= 4 is 38.6 Å². The number of sulfonamides is 1. The largest absolute Gasteiger partial charge is 0.275 e. The molecule has 0 unspecified atom stereocenters. The van der Waals surface area contributed by atoms with E-state index in [1.807, 2.05) is 16.8 Å². The van der Waals surface area contributed by atoms with E-state index in [4.69, 9.17) is 11.6 Å². The monoisotopic (exact) mass is 386 g/mol. The minimum Gasteiger partial charge on any atom is -0.258 e. The Bertz CT molecular complexity index is 877. The van der Waals surface area contributed by atoms with Crippen LogP contribution >= 0.6 is 22.9 Å². The molecule has 0 amide bonds. The molecule has 0 spiro atoms. The molecule has 0 N–H and O–H groups in total. The number of nitrogens with zero attached hydrogens (tertiary/aromatic N) is 2. The van der Waals surface area contributed by atoms with Crippen LogP contribution < -0.4 is 0 Å². The van der Waals surface area contributed by atoms with E-state index in [0.717, 1.165) is 24.5 Å². The SMILES string of the molecule is Cc1c(Cl)cc(S(=O)(=O)N(Cc2ccsc2)C2CC2)cc1[N+](=O)[O-]. The van der Waals surface area contributed by atoms with Crippen LogP contribution in [0, 0.1) is 17.0 Å². The van der Waals surface area contributed by atoms with Crippen LogP contribution in [0.3, 0.4) is 0 Å². The van der Waals surface area contributed by atoms with Gasteiger partial charge in [-0.15, -0.1) is 0 Å². The first-order valence-corrected chi connectivity index (χ1v) is 10.0. The molecule has 0 atom stereocenters. The molecular weight excluding hydrogens is 372 g/mol. The third-order valence-electron chi connectivity index (χ3n) is 3.97. The van der Waals surface area contributed by atoms with Gasteiger partial charge < -0.3 is 0 Å². The van der Waals surface area contributed by atoms with Gasteiger partial charge in [0.2, 0.25) is 10.0 Å². The van der Waals surface area contributed by atoms with E-state index < -0.39 is 14.9 Å². The molecule has 9 heteroatoms. The number of nitro benzene ring substituents is 1. The van der Waals surface area contributed by atoms with Crippen molar-refractivity contribution in [3.8, 4) is 0 Å². The number of hydrogen-bond donors (Lipinski definition) is 0. The predicted molar refractivity (Wildman–Crippen MR) is 92.9 cm³/mol. The molecule has 0 bridgehead atoms. The molecular formula is C15H15ClN2O4S2. The zero-order valence-corrected chi connectivity index (χ0v) is 15.2. The van der Waals surface area contributed by atoms with Gasteiger partial charge in [-0.1, -0.05) is 11.6 Å². The molecule has 1 aromatic heterocycles. The maximum Gasteiger partial charge on any atom is 0.275 e. The fourth-order valence-electron chi connectivity index (χ4n) is 2.45. The van der Waals surface area contributed by atoms with Gasteiger partial charge in [0.25, 0.3) is 5.69 Å². The van der Waals surface area contributed by atoms with Crippen LogP contribution in [0.1, 0.15) is 24.0 Å². The average molecular weight is 387 g/mol. The molecule has 2 aromatic rings. The second-order valence-electron chi connectivity index (χ2n) is 5.72. The van der Waals surface area contributed by atoms with Gasteiger partial charge in [-0.05, 0) is 48.2 Å². The van der Waals surface area contributed by atoms with Crippen LogP contribution in [0.5, 0.6) is 0 Å². The van der Waals surface area contributed by atoms with Gasteiger partial charge in [0, 0.05) is 24.2 Å². The molecule has 0 saturated heterocycles. The van der Waals surface area contributed by atoms with E-state index in [1.165, 1.54) is 28.6 Å². The first-order chi connectivity index (χ1) is 11.3. The second kappa shape index (κ2) is 6.44. The predicted octanol–water partition coefficient (Wildman–Crippen LogP) is 3.97. The van der Waals surface area contributed by atoms with Crippen molar-refractivity contribution in [1.82, 2.24) is 4.31 Å². The summed E-state index contributed by atoms with van der Waals surface area (Å²) in [6, 6.07) is 4.20. The van der Waals surface area contributed by atoms with Gasteiger partial charge in [0.1, 0.15) is 0 Å². The summed E-state index contributed by atoms with van der Waals surface area (Å²) in [4.78, 5) is 10.4. The Balaban J connectivity index is 2.03. The first-order valence-electron chi connectivity index (χ1n) is 7.28. The molecule has 24 heavy (non-hydrogen) atoms. The van der Waals surface area contributed by atoms with E-state index in [1.54, 1.807) is 0 Å². The highest BCUT2D eigenvalue weighted by atomic mass is 35.5. The summed E-state index contributed by atoms with van der Waals surface area (Å²) in [5, 5.41) is 15.0. The van der Waals surface area contributed by atoms with Crippen LogP contribution in [0.15, 0.2) is 33.9 Å². The molecule has 0 aliphatic heterocycles. The molecule has 1 saturated carbocycles. The van der Waals surface area contributed by atoms with Crippen LogP contribution in [0.25, 0.3) is 0 Å². The Morgan fingerprint density at radius 2 is 2.12 bits per heavy atom. The Labute approximate surface area is 148 Å². The highest BCUT2D eigenvalue weighted by molar-refractivity contribution is 7.89. The maximum absolute atomic E-state index is 13.0. The summed E-state index contributed by atoms with van der Waals surface area (Å²) in [6.07, 6.45) is 1.59. The molecule has 1 aliphatic carbocycles. The first kappa shape index (κ1) is 17.3. The zero-order valence-electron chi connectivity index (χ0n) is 12.8. The Morgan fingerprint density at radius 3 is 2.67 bits per heavy atom. The minimum atomic E-state index is -3.86. The van der Waals surface area contributed by atoms with Gasteiger partial charge in [0.15, 0.2) is 0 Å². The topological polar surface area (TPSA) is 80.5 Å². The van der Waals surface area contributed by atoms with Crippen molar-refractivity contribution < 1.29 is 13.3 Å². The van der Waals surface area contributed by atoms with Crippen LogP contribution in [-0.2, 0) is 16.6 Å². The summed E-state index contributed by atoms with van der Waals surface area (Å²) in [5.41, 5.74) is 0.881.